The second kappa shape index (κ2) is 7.02. The summed E-state index contributed by atoms with van der Waals surface area (Å²) >= 11 is 0. The van der Waals surface area contributed by atoms with Gasteiger partial charge in [-0.05, 0) is 42.5 Å². The topological polar surface area (TPSA) is 76.3 Å². The van der Waals surface area contributed by atoms with Gasteiger partial charge in [0.25, 0.3) is 11.8 Å². The number of hydrogen-bond acceptors (Lipinski definition) is 4. The van der Waals surface area contributed by atoms with Crippen LogP contribution in [-0.4, -0.2) is 44.0 Å². The fourth-order valence-corrected chi connectivity index (χ4v) is 5.06. The summed E-state index contributed by atoms with van der Waals surface area (Å²) in [6, 6.07) is 22.7. The van der Waals surface area contributed by atoms with E-state index in [4.69, 9.17) is 0 Å². The number of carbonyl (C=O) groups excluding carboxylic acids is 2. The third-order valence-corrected chi connectivity index (χ3v) is 6.69. The van der Waals surface area contributed by atoms with Crippen molar-refractivity contribution in [1.82, 2.24) is 19.1 Å². The summed E-state index contributed by atoms with van der Waals surface area (Å²) in [4.78, 5) is 39.6. The minimum absolute atomic E-state index is 0.155. The number of fused-ring (bicyclic) bond motifs is 6. The van der Waals surface area contributed by atoms with Crippen molar-refractivity contribution in [3.05, 3.63) is 83.9 Å². The summed E-state index contributed by atoms with van der Waals surface area (Å²) in [7, 11) is 0. The number of imidazole rings is 2. The van der Waals surface area contributed by atoms with E-state index in [0.717, 1.165) is 22.1 Å². The van der Waals surface area contributed by atoms with E-state index in [1.165, 1.54) is 0 Å². The largest absolute Gasteiger partial charge is 0.308 e. The number of para-hydroxylation sites is 4. The summed E-state index contributed by atoms with van der Waals surface area (Å²) in [5.41, 5.74) is 4.73. The van der Waals surface area contributed by atoms with Crippen LogP contribution in [0, 0.1) is 0 Å². The predicted octanol–water partition coefficient (Wildman–Crippen LogP) is 3.71. The molecule has 2 aromatic heterocycles. The smallest absolute Gasteiger partial charge is 0.260 e. The second-order valence-electron chi connectivity index (χ2n) is 8.60. The molecular formula is C26H20N6O2. The molecule has 3 aromatic carbocycles. The average Bonchev–Trinajstić information content (AvgIpc) is 3.63. The van der Waals surface area contributed by atoms with Gasteiger partial charge < -0.3 is 9.13 Å². The molecule has 2 amide bonds. The van der Waals surface area contributed by atoms with Gasteiger partial charge in [-0.15, -0.1) is 0 Å². The predicted molar refractivity (Wildman–Crippen MR) is 129 cm³/mol. The number of benzene rings is 3. The molecule has 7 rings (SSSR count). The molecule has 0 N–H and O–H groups in total. The van der Waals surface area contributed by atoms with Gasteiger partial charge in [0.1, 0.15) is 0 Å². The fraction of sp³-hybridized carbons (Fsp3) is 0.154. The summed E-state index contributed by atoms with van der Waals surface area (Å²) in [5.74, 6) is 0.988. The molecule has 8 nitrogen and oxygen atoms in total. The molecule has 0 saturated carbocycles. The van der Waals surface area contributed by atoms with Crippen LogP contribution in [0.3, 0.4) is 0 Å². The number of anilines is 2. The van der Waals surface area contributed by atoms with Crippen molar-refractivity contribution in [3.63, 3.8) is 0 Å². The molecule has 34 heavy (non-hydrogen) atoms. The van der Waals surface area contributed by atoms with Gasteiger partial charge in [-0.25, -0.2) is 9.97 Å². The Morgan fingerprint density at radius 2 is 1.06 bits per heavy atom. The van der Waals surface area contributed by atoms with E-state index in [9.17, 15) is 9.59 Å². The zero-order valence-corrected chi connectivity index (χ0v) is 18.3. The monoisotopic (exact) mass is 448 g/mol. The van der Waals surface area contributed by atoms with Crippen molar-refractivity contribution in [2.45, 2.75) is 13.1 Å². The molecule has 0 fully saturated rings. The lowest BCUT2D eigenvalue weighted by molar-refractivity contribution is 0.0988. The number of rotatable bonds is 2. The fourth-order valence-electron chi connectivity index (χ4n) is 5.06. The molecule has 4 heterocycles. The summed E-state index contributed by atoms with van der Waals surface area (Å²) < 4.78 is 4.13. The lowest BCUT2D eigenvalue weighted by Gasteiger charge is -2.16. The third-order valence-electron chi connectivity index (χ3n) is 6.69. The summed E-state index contributed by atoms with van der Waals surface area (Å²) in [5, 5.41) is 0. The molecule has 0 saturated heterocycles. The minimum Gasteiger partial charge on any atom is -0.308 e. The van der Waals surface area contributed by atoms with E-state index < -0.39 is 0 Å². The molecule has 0 atom stereocenters. The Morgan fingerprint density at radius 1 is 0.588 bits per heavy atom. The van der Waals surface area contributed by atoms with Crippen LogP contribution in [0.15, 0.2) is 72.8 Å². The van der Waals surface area contributed by atoms with Gasteiger partial charge in [0.05, 0.1) is 22.1 Å². The van der Waals surface area contributed by atoms with Crippen molar-refractivity contribution in [1.29, 1.82) is 0 Å². The average molecular weight is 448 g/mol. The Kier molecular flexibility index (Phi) is 3.93. The number of aromatic nitrogens is 4. The van der Waals surface area contributed by atoms with E-state index in [0.29, 0.717) is 49.2 Å². The highest BCUT2D eigenvalue weighted by Crippen LogP contribution is 2.30. The molecule has 0 aliphatic carbocycles. The van der Waals surface area contributed by atoms with E-state index >= 15 is 0 Å². The van der Waals surface area contributed by atoms with Gasteiger partial charge in [-0.2, -0.15) is 0 Å². The van der Waals surface area contributed by atoms with Crippen molar-refractivity contribution >= 4 is 45.8 Å². The Bertz CT molecular complexity index is 1510. The molecule has 166 valence electrons. The van der Waals surface area contributed by atoms with Crippen molar-refractivity contribution in [2.24, 2.45) is 0 Å². The molecule has 8 heteroatoms. The highest BCUT2D eigenvalue weighted by Gasteiger charge is 2.31. The second-order valence-corrected chi connectivity index (χ2v) is 8.60. The molecule has 0 bridgehead atoms. The Morgan fingerprint density at radius 3 is 1.56 bits per heavy atom. The van der Waals surface area contributed by atoms with E-state index in [-0.39, 0.29) is 11.8 Å². The zero-order valence-electron chi connectivity index (χ0n) is 18.3. The van der Waals surface area contributed by atoms with Gasteiger partial charge in [-0.1, -0.05) is 30.3 Å². The van der Waals surface area contributed by atoms with Crippen molar-refractivity contribution in [2.75, 3.05) is 22.9 Å². The standard InChI is InChI=1S/C26H20N6O2/c33-23(31-14-12-29-21-10-3-1-8-19(21)27-25(29)31)17-6-5-7-18(16-17)24(34)32-15-13-30-22-11-4-2-9-20(22)28-26(30)32/h1-11,16H,12-15H2. The maximum atomic E-state index is 13.4. The van der Waals surface area contributed by atoms with Crippen molar-refractivity contribution < 1.29 is 9.59 Å². The molecule has 5 aromatic rings. The first kappa shape index (κ1) is 19.0. The van der Waals surface area contributed by atoms with Crippen LogP contribution in [-0.2, 0) is 13.1 Å². The Hall–Kier alpha value is -4.46. The normalized spacial score (nSPS) is 14.7. The molecular weight excluding hydrogens is 428 g/mol. The molecule has 0 spiro atoms. The van der Waals surface area contributed by atoms with Crippen LogP contribution in [0.25, 0.3) is 22.1 Å². The maximum absolute atomic E-state index is 13.4. The third kappa shape index (κ3) is 2.65. The highest BCUT2D eigenvalue weighted by atomic mass is 16.2. The van der Waals surface area contributed by atoms with Gasteiger partial charge in [0, 0.05) is 37.3 Å². The summed E-state index contributed by atoms with van der Waals surface area (Å²) in [6.45, 7) is 2.51. The van der Waals surface area contributed by atoms with E-state index in [1.807, 2.05) is 48.5 Å². The number of nitrogens with zero attached hydrogens (tertiary/aromatic N) is 6. The number of amides is 2. The van der Waals surface area contributed by atoms with Crippen LogP contribution in [0.4, 0.5) is 11.9 Å². The van der Waals surface area contributed by atoms with Crippen LogP contribution in [0.1, 0.15) is 20.7 Å². The van der Waals surface area contributed by atoms with Gasteiger partial charge >= 0.3 is 0 Å². The quantitative estimate of drug-likeness (QED) is 0.413. The maximum Gasteiger partial charge on any atom is 0.260 e. The molecule has 2 aliphatic rings. The van der Waals surface area contributed by atoms with E-state index in [2.05, 4.69) is 19.1 Å². The van der Waals surface area contributed by atoms with Crippen LogP contribution < -0.4 is 9.80 Å². The van der Waals surface area contributed by atoms with E-state index in [1.54, 1.807) is 34.1 Å². The van der Waals surface area contributed by atoms with Crippen LogP contribution in [0.5, 0.6) is 0 Å². The van der Waals surface area contributed by atoms with Gasteiger partial charge in [0.15, 0.2) is 0 Å². The molecule has 0 radical (unpaired) electrons. The SMILES string of the molecule is O=C(c1cccc(C(=O)N2CCn3c2nc2ccccc23)c1)N1CCn2c1nc1ccccc12. The first-order chi connectivity index (χ1) is 16.7. The summed E-state index contributed by atoms with van der Waals surface area (Å²) in [6.07, 6.45) is 0. The zero-order chi connectivity index (χ0) is 22.8. The Balaban J connectivity index is 1.20. The van der Waals surface area contributed by atoms with Crippen LogP contribution in [0.2, 0.25) is 0 Å². The lowest BCUT2D eigenvalue weighted by atomic mass is 10.1. The number of hydrogen-bond donors (Lipinski definition) is 0. The first-order valence-electron chi connectivity index (χ1n) is 11.3. The van der Waals surface area contributed by atoms with Crippen LogP contribution >= 0.6 is 0 Å². The van der Waals surface area contributed by atoms with Crippen molar-refractivity contribution in [3.8, 4) is 0 Å². The highest BCUT2D eigenvalue weighted by molar-refractivity contribution is 6.10. The molecule has 2 aliphatic heterocycles. The lowest BCUT2D eigenvalue weighted by Crippen LogP contribution is -2.31. The van der Waals surface area contributed by atoms with Gasteiger partial charge in [-0.3, -0.25) is 19.4 Å². The van der Waals surface area contributed by atoms with Gasteiger partial charge in [0.2, 0.25) is 11.9 Å². The molecule has 0 unspecified atom stereocenters. The minimum atomic E-state index is -0.155. The number of carbonyl (C=O) groups is 2. The Labute approximate surface area is 194 Å². The first-order valence-corrected chi connectivity index (χ1v) is 11.3.